The summed E-state index contributed by atoms with van der Waals surface area (Å²) in [5, 5.41) is 11.9. The van der Waals surface area contributed by atoms with Gasteiger partial charge in [-0.25, -0.2) is 14.5 Å². The number of hydrazone groups is 1. The van der Waals surface area contributed by atoms with Crippen LogP contribution in [-0.4, -0.2) is 27.1 Å². The third-order valence-corrected chi connectivity index (χ3v) is 3.38. The van der Waals surface area contributed by atoms with Crippen molar-refractivity contribution in [3.63, 3.8) is 0 Å². The molecule has 0 fully saturated rings. The maximum absolute atomic E-state index is 12.8. The smallest absolute Gasteiger partial charge is 0.264 e. The van der Waals surface area contributed by atoms with Crippen LogP contribution in [0.3, 0.4) is 0 Å². The molecule has 0 saturated heterocycles. The van der Waals surface area contributed by atoms with Crippen LogP contribution < -0.4 is 5.43 Å². The molecule has 0 aliphatic rings. The molecule has 116 valence electrons. The molecule has 0 saturated carbocycles. The van der Waals surface area contributed by atoms with E-state index in [2.05, 4.69) is 20.8 Å². The van der Waals surface area contributed by atoms with E-state index in [9.17, 15) is 9.18 Å². The molecule has 1 N–H and O–H groups in total. The molecule has 1 heterocycles. The SMILES string of the molecule is C[C@@H](C(=O)N/N=C\c1ccc(F)cc1)n1nnc2ccccc21. The first-order valence-corrected chi connectivity index (χ1v) is 7.03. The first-order valence-electron chi connectivity index (χ1n) is 7.03. The largest absolute Gasteiger partial charge is 0.271 e. The third kappa shape index (κ3) is 3.23. The summed E-state index contributed by atoms with van der Waals surface area (Å²) in [6.07, 6.45) is 1.45. The number of nitrogens with one attached hydrogen (secondary N) is 1. The summed E-state index contributed by atoms with van der Waals surface area (Å²) in [7, 11) is 0. The van der Waals surface area contributed by atoms with Crippen LogP contribution in [0, 0.1) is 5.82 Å². The summed E-state index contributed by atoms with van der Waals surface area (Å²) < 4.78 is 14.3. The van der Waals surface area contributed by atoms with Crippen LogP contribution in [0.4, 0.5) is 4.39 Å². The van der Waals surface area contributed by atoms with Gasteiger partial charge in [-0.2, -0.15) is 5.10 Å². The molecule has 0 radical (unpaired) electrons. The Morgan fingerprint density at radius 1 is 1.26 bits per heavy atom. The first-order chi connectivity index (χ1) is 11.1. The number of amides is 1. The first kappa shape index (κ1) is 14.8. The van der Waals surface area contributed by atoms with E-state index in [0.717, 1.165) is 11.0 Å². The van der Waals surface area contributed by atoms with Crippen molar-refractivity contribution in [2.75, 3.05) is 0 Å². The molecule has 3 rings (SSSR count). The van der Waals surface area contributed by atoms with Gasteiger partial charge in [-0.1, -0.05) is 29.5 Å². The molecule has 2 aromatic carbocycles. The minimum absolute atomic E-state index is 0.320. The minimum Gasteiger partial charge on any atom is -0.271 e. The van der Waals surface area contributed by atoms with Gasteiger partial charge in [0.2, 0.25) is 0 Å². The van der Waals surface area contributed by atoms with Gasteiger partial charge in [0.05, 0.1) is 11.7 Å². The van der Waals surface area contributed by atoms with Crippen molar-refractivity contribution in [1.29, 1.82) is 0 Å². The van der Waals surface area contributed by atoms with Crippen molar-refractivity contribution in [1.82, 2.24) is 20.4 Å². The second-order valence-corrected chi connectivity index (χ2v) is 4.98. The number of para-hydroxylation sites is 1. The molecule has 0 spiro atoms. The Labute approximate surface area is 131 Å². The highest BCUT2D eigenvalue weighted by Crippen LogP contribution is 2.15. The molecule has 23 heavy (non-hydrogen) atoms. The second-order valence-electron chi connectivity index (χ2n) is 4.98. The molecular weight excluding hydrogens is 297 g/mol. The highest BCUT2D eigenvalue weighted by molar-refractivity contribution is 5.85. The van der Waals surface area contributed by atoms with E-state index in [-0.39, 0.29) is 11.7 Å². The molecule has 1 aromatic heterocycles. The number of benzene rings is 2. The molecule has 0 aliphatic heterocycles. The van der Waals surface area contributed by atoms with Crippen LogP contribution in [0.25, 0.3) is 11.0 Å². The lowest BCUT2D eigenvalue weighted by Crippen LogP contribution is -2.28. The number of halogens is 1. The molecule has 1 amide bonds. The second kappa shape index (κ2) is 6.35. The number of fused-ring (bicyclic) bond motifs is 1. The van der Waals surface area contributed by atoms with Gasteiger partial charge in [-0.3, -0.25) is 4.79 Å². The Bertz CT molecular complexity index is 856. The number of nitrogens with zero attached hydrogens (tertiary/aromatic N) is 4. The zero-order valence-electron chi connectivity index (χ0n) is 12.3. The van der Waals surface area contributed by atoms with E-state index in [1.165, 1.54) is 23.0 Å². The van der Waals surface area contributed by atoms with Crippen LogP contribution >= 0.6 is 0 Å². The van der Waals surface area contributed by atoms with Gasteiger partial charge in [0.25, 0.3) is 5.91 Å². The van der Waals surface area contributed by atoms with Gasteiger partial charge in [0.15, 0.2) is 0 Å². The van der Waals surface area contributed by atoms with Crippen LogP contribution in [0.1, 0.15) is 18.5 Å². The summed E-state index contributed by atoms with van der Waals surface area (Å²) >= 11 is 0. The van der Waals surface area contributed by atoms with Crippen LogP contribution in [0.5, 0.6) is 0 Å². The average Bonchev–Trinajstić information content (AvgIpc) is 3.00. The number of hydrogen-bond acceptors (Lipinski definition) is 4. The van der Waals surface area contributed by atoms with E-state index >= 15 is 0 Å². The fourth-order valence-corrected chi connectivity index (χ4v) is 2.10. The molecule has 0 aliphatic carbocycles. The van der Waals surface area contributed by atoms with Crippen molar-refractivity contribution in [2.45, 2.75) is 13.0 Å². The Morgan fingerprint density at radius 3 is 2.78 bits per heavy atom. The van der Waals surface area contributed by atoms with Crippen molar-refractivity contribution in [3.05, 3.63) is 59.9 Å². The molecular formula is C16H14FN5O. The molecule has 0 bridgehead atoms. The molecule has 7 heteroatoms. The fourth-order valence-electron chi connectivity index (χ4n) is 2.10. The number of carbonyl (C=O) groups excluding carboxylic acids is 1. The van der Waals surface area contributed by atoms with Crippen LogP contribution in [-0.2, 0) is 4.79 Å². The predicted octanol–water partition coefficient (Wildman–Crippen LogP) is 2.28. The number of carbonyl (C=O) groups is 1. The molecule has 1 atom stereocenters. The van der Waals surface area contributed by atoms with Gasteiger partial charge >= 0.3 is 0 Å². The van der Waals surface area contributed by atoms with E-state index in [1.807, 2.05) is 24.3 Å². The van der Waals surface area contributed by atoms with Gasteiger partial charge in [-0.15, -0.1) is 5.10 Å². The number of hydrogen-bond donors (Lipinski definition) is 1. The zero-order valence-corrected chi connectivity index (χ0v) is 12.3. The minimum atomic E-state index is -0.562. The van der Waals surface area contributed by atoms with Gasteiger partial charge < -0.3 is 0 Å². The highest BCUT2D eigenvalue weighted by atomic mass is 19.1. The van der Waals surface area contributed by atoms with E-state index < -0.39 is 6.04 Å². The zero-order chi connectivity index (χ0) is 16.2. The Morgan fingerprint density at radius 2 is 2.00 bits per heavy atom. The summed E-state index contributed by atoms with van der Waals surface area (Å²) in [4.78, 5) is 12.2. The predicted molar refractivity (Wildman–Crippen MR) is 84.4 cm³/mol. The fraction of sp³-hybridized carbons (Fsp3) is 0.125. The van der Waals surface area contributed by atoms with Crippen molar-refractivity contribution in [3.8, 4) is 0 Å². The summed E-state index contributed by atoms with van der Waals surface area (Å²) in [6, 6.07) is 12.6. The van der Waals surface area contributed by atoms with E-state index in [0.29, 0.717) is 5.56 Å². The molecule has 6 nitrogen and oxygen atoms in total. The monoisotopic (exact) mass is 311 g/mol. The number of aromatic nitrogens is 3. The lowest BCUT2D eigenvalue weighted by molar-refractivity contribution is -0.124. The quantitative estimate of drug-likeness (QED) is 0.593. The van der Waals surface area contributed by atoms with Gasteiger partial charge in [-0.05, 0) is 36.8 Å². The average molecular weight is 311 g/mol. The summed E-state index contributed by atoms with van der Waals surface area (Å²) in [5.41, 5.74) is 4.63. The Hall–Kier alpha value is -3.09. The number of rotatable bonds is 4. The standard InChI is InChI=1S/C16H14FN5O/c1-11(22-15-5-3-2-4-14(15)19-21-22)16(23)20-18-10-12-6-8-13(17)9-7-12/h2-11H,1H3,(H,20,23)/b18-10-/t11-/m0/s1. The molecule has 3 aromatic rings. The van der Waals surface area contributed by atoms with E-state index in [4.69, 9.17) is 0 Å². The van der Waals surface area contributed by atoms with Crippen molar-refractivity contribution >= 4 is 23.2 Å². The lowest BCUT2D eigenvalue weighted by Gasteiger charge is -2.10. The van der Waals surface area contributed by atoms with Crippen molar-refractivity contribution < 1.29 is 9.18 Å². The van der Waals surface area contributed by atoms with Crippen LogP contribution in [0.2, 0.25) is 0 Å². The summed E-state index contributed by atoms with van der Waals surface area (Å²) in [6.45, 7) is 1.71. The normalized spacial score (nSPS) is 12.6. The highest BCUT2D eigenvalue weighted by Gasteiger charge is 2.17. The van der Waals surface area contributed by atoms with Gasteiger partial charge in [0, 0.05) is 0 Å². The van der Waals surface area contributed by atoms with Gasteiger partial charge in [0.1, 0.15) is 17.4 Å². The Kier molecular flexibility index (Phi) is 4.09. The summed E-state index contributed by atoms with van der Waals surface area (Å²) in [5.74, 6) is -0.642. The molecule has 0 unspecified atom stereocenters. The maximum Gasteiger partial charge on any atom is 0.264 e. The third-order valence-electron chi connectivity index (χ3n) is 3.38. The van der Waals surface area contributed by atoms with Crippen molar-refractivity contribution in [2.24, 2.45) is 5.10 Å². The lowest BCUT2D eigenvalue weighted by atomic mass is 10.2. The van der Waals surface area contributed by atoms with Crippen LogP contribution in [0.15, 0.2) is 53.6 Å². The van der Waals surface area contributed by atoms with E-state index in [1.54, 1.807) is 19.1 Å². The topological polar surface area (TPSA) is 72.2 Å². The Balaban J connectivity index is 1.69. The maximum atomic E-state index is 12.8.